The van der Waals surface area contributed by atoms with Crippen molar-refractivity contribution in [2.75, 3.05) is 25.0 Å². The van der Waals surface area contributed by atoms with Crippen molar-refractivity contribution in [3.05, 3.63) is 30.3 Å². The molecule has 3 N–H and O–H groups in total. The number of amides is 2. The minimum atomic E-state index is -0.338. The number of anilines is 1. The smallest absolute Gasteiger partial charge is 0.246 e. The van der Waals surface area contributed by atoms with E-state index in [1.54, 1.807) is 7.05 Å². The van der Waals surface area contributed by atoms with Gasteiger partial charge in [-0.1, -0.05) is 18.2 Å². The molecular formula is C11H15N3O2. The van der Waals surface area contributed by atoms with Crippen LogP contribution < -0.4 is 16.0 Å². The van der Waals surface area contributed by atoms with Crippen LogP contribution in [0.15, 0.2) is 30.3 Å². The van der Waals surface area contributed by atoms with Crippen molar-refractivity contribution in [2.45, 2.75) is 0 Å². The van der Waals surface area contributed by atoms with Crippen LogP contribution in [0, 0.1) is 0 Å². The average molecular weight is 221 g/mol. The van der Waals surface area contributed by atoms with E-state index in [1.165, 1.54) is 4.90 Å². The summed E-state index contributed by atoms with van der Waals surface area (Å²) in [4.78, 5) is 24.0. The van der Waals surface area contributed by atoms with Gasteiger partial charge in [0.05, 0.1) is 13.1 Å². The molecule has 16 heavy (non-hydrogen) atoms. The molecule has 1 aromatic carbocycles. The largest absolute Gasteiger partial charge is 0.346 e. The van der Waals surface area contributed by atoms with Crippen LogP contribution in [0.3, 0.4) is 0 Å². The van der Waals surface area contributed by atoms with Crippen molar-refractivity contribution < 1.29 is 9.59 Å². The number of rotatable bonds is 4. The first-order valence-electron chi connectivity index (χ1n) is 4.93. The Balaban J connectivity index is 2.52. The molecule has 5 nitrogen and oxygen atoms in total. The van der Waals surface area contributed by atoms with Gasteiger partial charge in [0.1, 0.15) is 0 Å². The Hall–Kier alpha value is -1.88. The molecule has 2 amide bonds. The summed E-state index contributed by atoms with van der Waals surface area (Å²) in [5, 5.41) is 2.43. The Morgan fingerprint density at radius 3 is 2.50 bits per heavy atom. The van der Waals surface area contributed by atoms with Crippen molar-refractivity contribution in [1.29, 1.82) is 0 Å². The fourth-order valence-electron chi connectivity index (χ4n) is 1.16. The highest BCUT2D eigenvalue weighted by Crippen LogP contribution is 2.10. The van der Waals surface area contributed by atoms with Gasteiger partial charge in [0.25, 0.3) is 0 Å². The first-order chi connectivity index (χ1) is 7.65. The highest BCUT2D eigenvalue weighted by Gasteiger charge is 2.10. The Morgan fingerprint density at radius 2 is 1.94 bits per heavy atom. The zero-order valence-electron chi connectivity index (χ0n) is 9.14. The third kappa shape index (κ3) is 3.36. The monoisotopic (exact) mass is 221 g/mol. The summed E-state index contributed by atoms with van der Waals surface area (Å²) >= 11 is 0. The number of nitrogens with two attached hydrogens (primary N) is 1. The third-order valence-corrected chi connectivity index (χ3v) is 2.14. The van der Waals surface area contributed by atoms with Crippen LogP contribution in [-0.4, -0.2) is 32.0 Å². The minimum absolute atomic E-state index is 0.0403. The number of hydrogen-bond acceptors (Lipinski definition) is 3. The maximum Gasteiger partial charge on any atom is 0.246 e. The Kier molecular flexibility index (Phi) is 4.47. The van der Waals surface area contributed by atoms with Gasteiger partial charge in [-0.15, -0.1) is 0 Å². The van der Waals surface area contributed by atoms with E-state index in [4.69, 9.17) is 5.73 Å². The van der Waals surface area contributed by atoms with E-state index in [9.17, 15) is 9.59 Å². The molecule has 0 aliphatic carbocycles. The van der Waals surface area contributed by atoms with Crippen LogP contribution in [0.1, 0.15) is 0 Å². The predicted molar refractivity (Wildman–Crippen MR) is 61.9 cm³/mol. The van der Waals surface area contributed by atoms with Crippen LogP contribution in [-0.2, 0) is 9.59 Å². The van der Waals surface area contributed by atoms with Crippen molar-refractivity contribution in [3.8, 4) is 0 Å². The highest BCUT2D eigenvalue weighted by molar-refractivity contribution is 5.96. The van der Waals surface area contributed by atoms with Gasteiger partial charge in [-0.2, -0.15) is 0 Å². The van der Waals surface area contributed by atoms with Gasteiger partial charge < -0.3 is 16.0 Å². The average Bonchev–Trinajstić information content (AvgIpc) is 2.35. The summed E-state index contributed by atoms with van der Waals surface area (Å²) in [6.45, 7) is -0.149. The molecule has 0 aliphatic heterocycles. The molecule has 0 spiro atoms. The summed E-state index contributed by atoms with van der Waals surface area (Å²) in [6, 6.07) is 9.21. The highest BCUT2D eigenvalue weighted by atomic mass is 16.2. The van der Waals surface area contributed by atoms with Crippen molar-refractivity contribution in [1.82, 2.24) is 5.32 Å². The number of nitrogens with zero attached hydrogens (tertiary/aromatic N) is 1. The van der Waals surface area contributed by atoms with Gasteiger partial charge in [0, 0.05) is 12.7 Å². The maximum atomic E-state index is 11.6. The van der Waals surface area contributed by atoms with E-state index in [0.717, 1.165) is 5.69 Å². The molecule has 1 rings (SSSR count). The summed E-state index contributed by atoms with van der Waals surface area (Å²) in [7, 11) is 1.66. The number of hydrogen-bond donors (Lipinski definition) is 2. The van der Waals surface area contributed by atoms with E-state index in [0.29, 0.717) is 0 Å². The number of benzene rings is 1. The molecule has 5 heteroatoms. The predicted octanol–water partition coefficient (Wildman–Crippen LogP) is -0.276. The van der Waals surface area contributed by atoms with E-state index >= 15 is 0 Å². The SMILES string of the molecule is CN(C(=O)CNC(=O)CN)c1ccccc1. The van der Waals surface area contributed by atoms with Crippen LogP contribution in [0.4, 0.5) is 5.69 Å². The Bertz CT molecular complexity index is 365. The summed E-state index contributed by atoms with van der Waals surface area (Å²) in [6.07, 6.45) is 0. The molecule has 1 aromatic rings. The number of likely N-dealkylation sites (N-methyl/N-ethyl adjacent to an activating group) is 1. The lowest BCUT2D eigenvalue weighted by atomic mass is 10.3. The van der Waals surface area contributed by atoms with Crippen LogP contribution in [0.25, 0.3) is 0 Å². The van der Waals surface area contributed by atoms with Crippen molar-refractivity contribution in [3.63, 3.8) is 0 Å². The molecule has 0 aromatic heterocycles. The number of carbonyl (C=O) groups is 2. The van der Waals surface area contributed by atoms with Crippen LogP contribution in [0.2, 0.25) is 0 Å². The first kappa shape index (κ1) is 12.2. The van der Waals surface area contributed by atoms with Crippen LogP contribution >= 0.6 is 0 Å². The molecule has 86 valence electrons. The number of carbonyl (C=O) groups excluding carboxylic acids is 2. The van der Waals surface area contributed by atoms with E-state index in [-0.39, 0.29) is 24.9 Å². The molecule has 0 bridgehead atoms. The molecule has 0 saturated heterocycles. The van der Waals surface area contributed by atoms with Gasteiger partial charge in [-0.3, -0.25) is 9.59 Å². The fourth-order valence-corrected chi connectivity index (χ4v) is 1.16. The van der Waals surface area contributed by atoms with E-state index in [2.05, 4.69) is 5.32 Å². The summed E-state index contributed by atoms with van der Waals surface area (Å²) in [5.41, 5.74) is 5.90. The number of nitrogens with one attached hydrogen (secondary N) is 1. The standard InChI is InChI=1S/C11H15N3O2/c1-14(9-5-3-2-4-6-9)11(16)8-13-10(15)7-12/h2-6H,7-8,12H2,1H3,(H,13,15). The topological polar surface area (TPSA) is 75.4 Å². The summed E-state index contributed by atoms with van der Waals surface area (Å²) in [5.74, 6) is -0.525. The van der Waals surface area contributed by atoms with Gasteiger partial charge in [-0.25, -0.2) is 0 Å². The second-order valence-corrected chi connectivity index (χ2v) is 3.27. The normalized spacial score (nSPS) is 9.62. The van der Waals surface area contributed by atoms with Crippen molar-refractivity contribution >= 4 is 17.5 Å². The molecule has 0 saturated carbocycles. The van der Waals surface area contributed by atoms with Crippen LogP contribution in [0.5, 0.6) is 0 Å². The van der Waals surface area contributed by atoms with Gasteiger partial charge in [0.15, 0.2) is 0 Å². The number of para-hydroxylation sites is 1. The quantitative estimate of drug-likeness (QED) is 0.734. The molecule has 0 aliphatic rings. The fraction of sp³-hybridized carbons (Fsp3) is 0.273. The third-order valence-electron chi connectivity index (χ3n) is 2.14. The second-order valence-electron chi connectivity index (χ2n) is 3.27. The lowest BCUT2D eigenvalue weighted by molar-refractivity contribution is -0.124. The van der Waals surface area contributed by atoms with E-state index < -0.39 is 0 Å². The lowest BCUT2D eigenvalue weighted by Gasteiger charge is -2.17. The van der Waals surface area contributed by atoms with Crippen molar-refractivity contribution in [2.24, 2.45) is 5.73 Å². The zero-order valence-corrected chi connectivity index (χ0v) is 9.14. The second kappa shape index (κ2) is 5.87. The molecule has 0 unspecified atom stereocenters. The molecular weight excluding hydrogens is 206 g/mol. The zero-order chi connectivity index (χ0) is 12.0. The Labute approximate surface area is 94.2 Å². The summed E-state index contributed by atoms with van der Waals surface area (Å²) < 4.78 is 0. The van der Waals surface area contributed by atoms with Gasteiger partial charge in [-0.05, 0) is 12.1 Å². The lowest BCUT2D eigenvalue weighted by Crippen LogP contribution is -2.40. The molecule has 0 heterocycles. The van der Waals surface area contributed by atoms with Gasteiger partial charge >= 0.3 is 0 Å². The molecule has 0 radical (unpaired) electrons. The van der Waals surface area contributed by atoms with E-state index in [1.807, 2.05) is 30.3 Å². The minimum Gasteiger partial charge on any atom is -0.346 e. The Morgan fingerprint density at radius 1 is 1.31 bits per heavy atom. The molecule has 0 fully saturated rings. The maximum absolute atomic E-state index is 11.6. The first-order valence-corrected chi connectivity index (χ1v) is 4.93. The molecule has 0 atom stereocenters. The van der Waals surface area contributed by atoms with Gasteiger partial charge in [0.2, 0.25) is 11.8 Å².